The Balaban J connectivity index is 1.66. The molecule has 0 radical (unpaired) electrons. The minimum absolute atomic E-state index is 0.0499. The molecule has 3 N–H and O–H groups in total. The van der Waals surface area contributed by atoms with Gasteiger partial charge in [0.05, 0.1) is 5.56 Å². The zero-order valence-electron chi connectivity index (χ0n) is 14.7. The number of aromatic nitrogens is 2. The van der Waals surface area contributed by atoms with Gasteiger partial charge in [0.2, 0.25) is 5.95 Å². The van der Waals surface area contributed by atoms with Gasteiger partial charge in [0.25, 0.3) is 5.91 Å². The number of carbonyl (C=O) groups excluding carboxylic acids is 1. The Kier molecular flexibility index (Phi) is 4.33. The first kappa shape index (κ1) is 17.4. The maximum Gasteiger partial charge on any atom is 0.254 e. The molecule has 0 atom stereocenters. The molecule has 0 aliphatic carbocycles. The normalized spacial score (nSPS) is 12.4. The SMILES string of the molecule is N#Cc1ccc(Nc2ncc(C(N)=O)c(N3Cc4ccccc4C3)n2)cc1F. The second-order valence-corrected chi connectivity index (χ2v) is 6.35. The number of nitrogens with two attached hydrogens (primary N) is 1. The number of hydrogen-bond acceptors (Lipinski definition) is 6. The average molecular weight is 374 g/mol. The minimum atomic E-state index is -0.642. The fourth-order valence-corrected chi connectivity index (χ4v) is 3.14. The Hall–Kier alpha value is -3.99. The summed E-state index contributed by atoms with van der Waals surface area (Å²) in [4.78, 5) is 22.3. The number of anilines is 3. The van der Waals surface area contributed by atoms with E-state index < -0.39 is 11.7 Å². The first-order valence-corrected chi connectivity index (χ1v) is 8.50. The molecule has 7 nitrogen and oxygen atoms in total. The van der Waals surface area contributed by atoms with Crippen molar-refractivity contribution in [2.45, 2.75) is 13.1 Å². The number of rotatable bonds is 4. The van der Waals surface area contributed by atoms with E-state index in [4.69, 9.17) is 11.0 Å². The lowest BCUT2D eigenvalue weighted by molar-refractivity contribution is 0.1000. The summed E-state index contributed by atoms with van der Waals surface area (Å²) in [5.74, 6) is -0.659. The van der Waals surface area contributed by atoms with Crippen LogP contribution in [0, 0.1) is 17.1 Å². The van der Waals surface area contributed by atoms with E-state index in [0.29, 0.717) is 24.6 Å². The maximum atomic E-state index is 13.8. The number of benzene rings is 2. The molecular formula is C20H15FN6O. The van der Waals surface area contributed by atoms with Crippen LogP contribution in [0.2, 0.25) is 0 Å². The lowest BCUT2D eigenvalue weighted by atomic mass is 10.1. The van der Waals surface area contributed by atoms with Gasteiger partial charge in [-0.1, -0.05) is 24.3 Å². The zero-order valence-corrected chi connectivity index (χ0v) is 14.7. The molecule has 0 spiro atoms. The molecule has 0 saturated heterocycles. The highest BCUT2D eigenvalue weighted by molar-refractivity contribution is 5.97. The highest BCUT2D eigenvalue weighted by Gasteiger charge is 2.24. The quantitative estimate of drug-likeness (QED) is 0.727. The molecule has 3 aromatic rings. The molecule has 0 saturated carbocycles. The van der Waals surface area contributed by atoms with Crippen molar-refractivity contribution in [3.05, 3.63) is 76.7 Å². The molecule has 0 bridgehead atoms. The van der Waals surface area contributed by atoms with Crippen molar-refractivity contribution in [2.24, 2.45) is 5.73 Å². The van der Waals surface area contributed by atoms with E-state index in [1.54, 1.807) is 12.1 Å². The fraction of sp³-hybridized carbons (Fsp3) is 0.100. The molecule has 1 aliphatic rings. The zero-order chi connectivity index (χ0) is 19.7. The van der Waals surface area contributed by atoms with Gasteiger partial charge >= 0.3 is 0 Å². The highest BCUT2D eigenvalue weighted by atomic mass is 19.1. The van der Waals surface area contributed by atoms with E-state index in [1.807, 2.05) is 29.2 Å². The van der Waals surface area contributed by atoms with Gasteiger partial charge in [0.15, 0.2) is 0 Å². The predicted molar refractivity (Wildman–Crippen MR) is 101 cm³/mol. The van der Waals surface area contributed by atoms with Crippen molar-refractivity contribution < 1.29 is 9.18 Å². The number of halogens is 1. The van der Waals surface area contributed by atoms with Gasteiger partial charge in [-0.25, -0.2) is 9.37 Å². The van der Waals surface area contributed by atoms with E-state index in [-0.39, 0.29) is 17.1 Å². The van der Waals surface area contributed by atoms with Crippen LogP contribution in [0.4, 0.5) is 21.8 Å². The number of nitrogens with one attached hydrogen (secondary N) is 1. The predicted octanol–water partition coefficient (Wildman–Crippen LogP) is 2.85. The maximum absolute atomic E-state index is 13.8. The van der Waals surface area contributed by atoms with Crippen LogP contribution < -0.4 is 16.0 Å². The highest BCUT2D eigenvalue weighted by Crippen LogP contribution is 2.30. The van der Waals surface area contributed by atoms with Gasteiger partial charge in [-0.15, -0.1) is 0 Å². The van der Waals surface area contributed by atoms with Crippen LogP contribution in [0.1, 0.15) is 27.0 Å². The second kappa shape index (κ2) is 6.96. The van der Waals surface area contributed by atoms with Crippen LogP contribution in [0.5, 0.6) is 0 Å². The lowest BCUT2D eigenvalue weighted by Crippen LogP contribution is -2.23. The van der Waals surface area contributed by atoms with Crippen molar-refractivity contribution >= 4 is 23.4 Å². The molecule has 1 aromatic heterocycles. The summed E-state index contributed by atoms with van der Waals surface area (Å²) >= 11 is 0. The van der Waals surface area contributed by atoms with Gasteiger partial charge < -0.3 is 16.0 Å². The Morgan fingerprint density at radius 2 is 1.93 bits per heavy atom. The van der Waals surface area contributed by atoms with E-state index in [1.165, 1.54) is 18.3 Å². The summed E-state index contributed by atoms with van der Waals surface area (Å²) in [5, 5.41) is 11.7. The third-order valence-corrected chi connectivity index (χ3v) is 4.52. The fourth-order valence-electron chi connectivity index (χ4n) is 3.14. The number of amides is 1. The molecular weight excluding hydrogens is 359 g/mol. The number of carbonyl (C=O) groups is 1. The summed E-state index contributed by atoms with van der Waals surface area (Å²) in [5.41, 5.74) is 8.35. The Morgan fingerprint density at radius 1 is 1.21 bits per heavy atom. The first-order chi connectivity index (χ1) is 13.5. The molecule has 28 heavy (non-hydrogen) atoms. The van der Waals surface area contributed by atoms with Gasteiger partial charge in [-0.2, -0.15) is 10.2 Å². The molecule has 138 valence electrons. The first-order valence-electron chi connectivity index (χ1n) is 8.50. The van der Waals surface area contributed by atoms with Crippen molar-refractivity contribution in [1.29, 1.82) is 5.26 Å². The van der Waals surface area contributed by atoms with Crippen molar-refractivity contribution in [2.75, 3.05) is 10.2 Å². The summed E-state index contributed by atoms with van der Waals surface area (Å²) in [6.07, 6.45) is 1.36. The molecule has 8 heteroatoms. The van der Waals surface area contributed by atoms with Crippen molar-refractivity contribution in [3.63, 3.8) is 0 Å². The van der Waals surface area contributed by atoms with Crippen molar-refractivity contribution in [1.82, 2.24) is 9.97 Å². The lowest BCUT2D eigenvalue weighted by Gasteiger charge is -2.19. The third kappa shape index (κ3) is 3.21. The second-order valence-electron chi connectivity index (χ2n) is 6.35. The standard InChI is InChI=1S/C20H15FN6O/c21-17-7-15(6-5-12(17)8-22)25-20-24-9-16(18(23)28)19(26-20)27-10-13-3-1-2-4-14(13)11-27/h1-7,9H,10-11H2,(H2,23,28)(H,24,25,26). The molecule has 2 aromatic carbocycles. The van der Waals surface area contributed by atoms with Crippen LogP contribution >= 0.6 is 0 Å². The van der Waals surface area contributed by atoms with E-state index in [2.05, 4.69) is 15.3 Å². The minimum Gasteiger partial charge on any atom is -0.365 e. The summed E-state index contributed by atoms with van der Waals surface area (Å²) < 4.78 is 13.8. The number of nitriles is 1. The summed E-state index contributed by atoms with van der Waals surface area (Å²) in [6, 6.07) is 13.9. The smallest absolute Gasteiger partial charge is 0.254 e. The molecule has 1 amide bonds. The average Bonchev–Trinajstić information content (AvgIpc) is 3.12. The van der Waals surface area contributed by atoms with Crippen LogP contribution in [0.3, 0.4) is 0 Å². The van der Waals surface area contributed by atoms with Gasteiger partial charge in [-0.3, -0.25) is 4.79 Å². The number of fused-ring (bicyclic) bond motifs is 1. The number of hydrogen-bond donors (Lipinski definition) is 2. The third-order valence-electron chi connectivity index (χ3n) is 4.52. The van der Waals surface area contributed by atoms with Crippen LogP contribution in [0.15, 0.2) is 48.7 Å². The molecule has 0 unspecified atom stereocenters. The van der Waals surface area contributed by atoms with Gasteiger partial charge in [0, 0.05) is 25.0 Å². The van der Waals surface area contributed by atoms with Crippen LogP contribution in [-0.2, 0) is 13.1 Å². The topological polar surface area (TPSA) is 108 Å². The van der Waals surface area contributed by atoms with Crippen molar-refractivity contribution in [3.8, 4) is 6.07 Å². The summed E-state index contributed by atoms with van der Waals surface area (Å²) in [7, 11) is 0. The Bertz CT molecular complexity index is 1100. The van der Waals surface area contributed by atoms with Gasteiger partial charge in [-0.05, 0) is 29.3 Å². The van der Waals surface area contributed by atoms with Crippen LogP contribution in [0.25, 0.3) is 0 Å². The van der Waals surface area contributed by atoms with E-state index in [0.717, 1.165) is 11.1 Å². The van der Waals surface area contributed by atoms with E-state index in [9.17, 15) is 9.18 Å². The number of primary amides is 1. The Labute approximate surface area is 160 Å². The van der Waals surface area contributed by atoms with Gasteiger partial charge in [0.1, 0.15) is 23.3 Å². The monoisotopic (exact) mass is 374 g/mol. The Morgan fingerprint density at radius 3 is 2.54 bits per heavy atom. The molecule has 2 heterocycles. The molecule has 0 fully saturated rings. The molecule has 1 aliphatic heterocycles. The van der Waals surface area contributed by atoms with Crippen LogP contribution in [-0.4, -0.2) is 15.9 Å². The largest absolute Gasteiger partial charge is 0.365 e. The molecule has 4 rings (SSSR count). The number of nitrogens with zero attached hydrogens (tertiary/aromatic N) is 4. The summed E-state index contributed by atoms with van der Waals surface area (Å²) in [6.45, 7) is 1.19. The van der Waals surface area contributed by atoms with E-state index >= 15 is 0 Å².